The minimum Gasteiger partial charge on any atom is -0.544 e. The Morgan fingerprint density at radius 1 is 0.967 bits per heavy atom. The van der Waals surface area contributed by atoms with Gasteiger partial charge in [0.2, 0.25) is 9.04 Å². The Hall–Kier alpha value is -1.08. The molecule has 6 rings (SSSR count). The monoisotopic (exact) mass is 432 g/mol. The van der Waals surface area contributed by atoms with Crippen LogP contribution in [0.1, 0.15) is 58.4 Å². The van der Waals surface area contributed by atoms with Crippen molar-refractivity contribution in [3.63, 3.8) is 0 Å². The van der Waals surface area contributed by atoms with E-state index in [-0.39, 0.29) is 5.60 Å². The van der Waals surface area contributed by atoms with Crippen LogP contribution in [0.25, 0.3) is 0 Å². The van der Waals surface area contributed by atoms with Gasteiger partial charge in [0.05, 0.1) is 5.56 Å². The molecule has 4 bridgehead atoms. The van der Waals surface area contributed by atoms with E-state index < -0.39 is 20.4 Å². The summed E-state index contributed by atoms with van der Waals surface area (Å²) in [5.41, 5.74) is 0.172. The molecule has 0 radical (unpaired) electrons. The summed E-state index contributed by atoms with van der Waals surface area (Å²) in [4.78, 5) is 12.1. The highest BCUT2D eigenvalue weighted by Crippen LogP contribution is 2.70. The molecule has 4 saturated carbocycles. The fourth-order valence-electron chi connectivity index (χ4n) is 6.87. The first-order chi connectivity index (χ1) is 14.2. The molecule has 4 aliphatic carbocycles. The van der Waals surface area contributed by atoms with Gasteiger partial charge in [-0.3, -0.25) is 0 Å². The quantitative estimate of drug-likeness (QED) is 0.474. The highest BCUT2D eigenvalue weighted by atomic mass is 28.3. The van der Waals surface area contributed by atoms with Gasteiger partial charge in [-0.15, -0.1) is 0 Å². The van der Waals surface area contributed by atoms with Crippen LogP contribution >= 0.6 is 0 Å². The van der Waals surface area contributed by atoms with Crippen LogP contribution in [0.2, 0.25) is 13.1 Å². The van der Waals surface area contributed by atoms with Gasteiger partial charge in [-0.1, -0.05) is 6.07 Å². The third-order valence-corrected chi connectivity index (χ3v) is 8.26. The molecule has 5 fully saturated rings. The third kappa shape index (κ3) is 2.90. The molecule has 1 saturated heterocycles. The van der Waals surface area contributed by atoms with E-state index in [2.05, 4.69) is 39.9 Å². The maximum absolute atomic E-state index is 6.49. The average molecular weight is 433 g/mol. The van der Waals surface area contributed by atoms with Crippen molar-refractivity contribution >= 4 is 9.04 Å². The van der Waals surface area contributed by atoms with Crippen molar-refractivity contribution in [3.05, 3.63) is 23.8 Å². The van der Waals surface area contributed by atoms with Crippen molar-refractivity contribution in [3.8, 4) is 11.5 Å². The second-order valence-electron chi connectivity index (χ2n) is 11.1. The van der Waals surface area contributed by atoms with Gasteiger partial charge in [0.15, 0.2) is 17.1 Å². The first-order valence-corrected chi connectivity index (χ1v) is 14.4. The highest BCUT2D eigenvalue weighted by Gasteiger charge is 2.77. The smallest absolute Gasteiger partial charge is 0.264 e. The largest absolute Gasteiger partial charge is 0.544 e. The summed E-state index contributed by atoms with van der Waals surface area (Å²) in [5, 5.41) is 0. The van der Waals surface area contributed by atoms with E-state index in [9.17, 15) is 0 Å². The molecule has 0 N–H and O–H groups in total. The normalized spacial score (nSPS) is 39.4. The minimum absolute atomic E-state index is 0.327. The van der Waals surface area contributed by atoms with Crippen molar-refractivity contribution in [2.45, 2.75) is 83.0 Å². The van der Waals surface area contributed by atoms with E-state index in [1.54, 1.807) is 7.11 Å². The van der Waals surface area contributed by atoms with Gasteiger partial charge in [0, 0.05) is 7.11 Å². The van der Waals surface area contributed by atoms with E-state index in [4.69, 9.17) is 23.7 Å². The summed E-state index contributed by atoms with van der Waals surface area (Å²) < 4.78 is 19.1. The molecule has 1 aromatic carbocycles. The van der Waals surface area contributed by atoms with Crippen LogP contribution < -0.4 is 9.16 Å². The molecule has 5 nitrogen and oxygen atoms in total. The Morgan fingerprint density at radius 3 is 2.07 bits per heavy atom. The van der Waals surface area contributed by atoms with Crippen LogP contribution in [-0.2, 0) is 20.3 Å². The Bertz CT molecular complexity index is 784. The van der Waals surface area contributed by atoms with Crippen molar-refractivity contribution in [2.75, 3.05) is 7.11 Å². The van der Waals surface area contributed by atoms with Gasteiger partial charge in [0.25, 0.3) is 5.79 Å². The third-order valence-electron chi connectivity index (χ3n) is 7.55. The number of methoxy groups -OCH3 is 1. The van der Waals surface area contributed by atoms with E-state index in [0.29, 0.717) is 11.8 Å². The summed E-state index contributed by atoms with van der Waals surface area (Å²) in [5.74, 6) is 3.21. The number of benzene rings is 1. The number of ether oxygens (including phenoxy) is 2. The fourth-order valence-corrected chi connectivity index (χ4v) is 7.59. The molecule has 1 atom stereocenters. The van der Waals surface area contributed by atoms with Gasteiger partial charge in [-0.05, 0) is 102 Å². The first-order valence-electron chi connectivity index (χ1n) is 11.6. The molecule has 5 aliphatic rings. The van der Waals surface area contributed by atoms with Crippen molar-refractivity contribution in [1.29, 1.82) is 0 Å². The van der Waals surface area contributed by atoms with Crippen LogP contribution in [0, 0.1) is 23.7 Å². The number of para-hydroxylation sites is 1. The lowest BCUT2D eigenvalue weighted by Crippen LogP contribution is -2.76. The summed E-state index contributed by atoms with van der Waals surface area (Å²) in [6.45, 7) is 10.5. The fraction of sp³-hybridized carbons (Fsp3) is 0.750. The minimum atomic E-state index is -1.40. The second-order valence-corrected chi connectivity index (χ2v) is 13.4. The average Bonchev–Trinajstić information content (AvgIpc) is 2.62. The lowest BCUT2D eigenvalue weighted by atomic mass is 9.47. The maximum atomic E-state index is 6.49. The molecule has 6 heteroatoms. The topological polar surface area (TPSA) is 46.2 Å². The number of rotatable bonds is 5. The van der Waals surface area contributed by atoms with Crippen molar-refractivity contribution in [2.24, 2.45) is 23.7 Å². The van der Waals surface area contributed by atoms with Crippen molar-refractivity contribution in [1.82, 2.24) is 0 Å². The van der Waals surface area contributed by atoms with Crippen LogP contribution in [0.4, 0.5) is 0 Å². The molecule has 0 amide bonds. The number of hydrogen-bond acceptors (Lipinski definition) is 5. The van der Waals surface area contributed by atoms with Crippen molar-refractivity contribution < 1.29 is 23.7 Å². The molecule has 166 valence electrons. The Labute approximate surface area is 182 Å². The van der Waals surface area contributed by atoms with E-state index in [1.165, 1.54) is 32.1 Å². The van der Waals surface area contributed by atoms with E-state index in [0.717, 1.165) is 28.9 Å². The number of hydrogen-bond donors (Lipinski definition) is 0. The SMILES string of the molecule is COC1(c2cccc(OC(C)(C)C)c2O[SiH](C)C)OOC12C1CC3CC(C1)CC2C3. The summed E-state index contributed by atoms with van der Waals surface area (Å²) in [6, 6.07) is 6.10. The van der Waals surface area contributed by atoms with Crippen LogP contribution in [0.3, 0.4) is 0 Å². The molecule has 0 aromatic heterocycles. The van der Waals surface area contributed by atoms with Gasteiger partial charge < -0.3 is 13.9 Å². The zero-order valence-electron chi connectivity index (χ0n) is 19.2. The zero-order chi connectivity index (χ0) is 21.3. The van der Waals surface area contributed by atoms with Gasteiger partial charge in [-0.25, -0.2) is 4.89 Å². The second kappa shape index (κ2) is 6.96. The summed E-state index contributed by atoms with van der Waals surface area (Å²) in [6.07, 6.45) is 6.26. The van der Waals surface area contributed by atoms with Gasteiger partial charge in [0.1, 0.15) is 5.60 Å². The Balaban J connectivity index is 1.62. The Kier molecular flexibility index (Phi) is 4.82. The lowest BCUT2D eigenvalue weighted by molar-refractivity contribution is -0.645. The standard InChI is InChI=1S/C24H36O5Si/c1-22(2,3)26-20-9-7-8-19(21(20)27-30(5)6)24(25-4)23(28-29-24)17-11-15-10-16(13-17)14-18(23)12-15/h7-9,15-18,30H,10-14H2,1-6H3. The van der Waals surface area contributed by atoms with E-state index in [1.807, 2.05) is 12.1 Å². The lowest BCUT2D eigenvalue weighted by Gasteiger charge is -2.68. The molecule has 1 aliphatic heterocycles. The van der Waals surface area contributed by atoms with Crippen LogP contribution in [0.15, 0.2) is 18.2 Å². The molecule has 1 unspecified atom stereocenters. The highest BCUT2D eigenvalue weighted by molar-refractivity contribution is 6.49. The molecular formula is C24H36O5Si. The molecule has 1 spiro atoms. The summed E-state index contributed by atoms with van der Waals surface area (Å²) >= 11 is 0. The molecular weight excluding hydrogens is 396 g/mol. The Morgan fingerprint density at radius 2 is 1.60 bits per heavy atom. The molecule has 30 heavy (non-hydrogen) atoms. The van der Waals surface area contributed by atoms with Gasteiger partial charge >= 0.3 is 0 Å². The predicted molar refractivity (Wildman–Crippen MR) is 117 cm³/mol. The predicted octanol–water partition coefficient (Wildman–Crippen LogP) is 5.18. The molecule has 1 aromatic rings. The summed E-state index contributed by atoms with van der Waals surface area (Å²) in [7, 11) is 0.348. The van der Waals surface area contributed by atoms with Crippen LogP contribution in [-0.4, -0.2) is 27.4 Å². The zero-order valence-corrected chi connectivity index (χ0v) is 20.4. The van der Waals surface area contributed by atoms with Crippen LogP contribution in [0.5, 0.6) is 11.5 Å². The maximum Gasteiger partial charge on any atom is 0.264 e. The first kappa shape index (κ1) is 20.8. The molecule has 1 heterocycles. The van der Waals surface area contributed by atoms with E-state index >= 15 is 0 Å². The van der Waals surface area contributed by atoms with Gasteiger partial charge in [-0.2, -0.15) is 4.89 Å².